The first-order valence-corrected chi connectivity index (χ1v) is 12.9. The second-order valence-corrected chi connectivity index (χ2v) is 10.6. The first kappa shape index (κ1) is 26.0. The average Bonchev–Trinajstić information content (AvgIpc) is 3.06. The van der Waals surface area contributed by atoms with Crippen LogP contribution in [-0.4, -0.2) is 50.7 Å². The summed E-state index contributed by atoms with van der Waals surface area (Å²) >= 11 is 0. The molecule has 1 aromatic heterocycles. The van der Waals surface area contributed by atoms with Crippen LogP contribution >= 0.6 is 0 Å². The van der Waals surface area contributed by atoms with Gasteiger partial charge >= 0.3 is 0 Å². The van der Waals surface area contributed by atoms with Crippen molar-refractivity contribution in [2.75, 3.05) is 32.3 Å². The Kier molecular flexibility index (Phi) is 7.68. The van der Waals surface area contributed by atoms with Crippen molar-refractivity contribution in [2.24, 2.45) is 0 Å². The lowest BCUT2D eigenvalue weighted by Crippen LogP contribution is -2.32. The van der Waals surface area contributed by atoms with Gasteiger partial charge in [0.15, 0.2) is 9.84 Å². The molecule has 3 aromatic rings. The van der Waals surface area contributed by atoms with E-state index in [0.29, 0.717) is 17.1 Å². The maximum atomic E-state index is 13.0. The molecule has 0 spiro atoms. The summed E-state index contributed by atoms with van der Waals surface area (Å²) in [4.78, 5) is 15.2. The molecule has 9 heteroatoms. The van der Waals surface area contributed by atoms with Crippen LogP contribution in [0.5, 0.6) is 5.75 Å². The highest BCUT2D eigenvalue weighted by Crippen LogP contribution is 2.31. The molecule has 0 unspecified atom stereocenters. The number of nitriles is 1. The van der Waals surface area contributed by atoms with Crippen LogP contribution in [0.3, 0.4) is 0 Å². The van der Waals surface area contributed by atoms with Gasteiger partial charge in [0.05, 0.1) is 24.1 Å². The highest BCUT2D eigenvalue weighted by molar-refractivity contribution is 7.90. The van der Waals surface area contributed by atoms with Crippen molar-refractivity contribution in [3.8, 4) is 17.5 Å². The number of methoxy groups -OCH3 is 1. The molecular formula is C26H30N4O4S. The van der Waals surface area contributed by atoms with E-state index in [1.807, 2.05) is 61.6 Å². The van der Waals surface area contributed by atoms with Crippen LogP contribution in [-0.2, 0) is 14.6 Å². The van der Waals surface area contributed by atoms with Crippen LogP contribution in [0.1, 0.15) is 35.3 Å². The number of carbonyl (C=O) groups excluding carboxylic acids is 1. The van der Waals surface area contributed by atoms with E-state index in [-0.39, 0.29) is 23.4 Å². The second-order valence-electron chi connectivity index (χ2n) is 8.56. The number of ether oxygens (including phenoxy) is 1. The topological polar surface area (TPSA) is 104 Å². The van der Waals surface area contributed by atoms with Gasteiger partial charge in [-0.1, -0.05) is 12.1 Å². The largest absolute Gasteiger partial charge is 0.497 e. The van der Waals surface area contributed by atoms with Gasteiger partial charge < -0.3 is 10.1 Å². The molecule has 0 aliphatic carbocycles. The molecule has 8 nitrogen and oxygen atoms in total. The zero-order chi connectivity index (χ0) is 25.9. The summed E-state index contributed by atoms with van der Waals surface area (Å²) in [6.07, 6.45) is 1.17. The summed E-state index contributed by atoms with van der Waals surface area (Å²) in [6.45, 7) is 5.78. The van der Waals surface area contributed by atoms with E-state index in [2.05, 4.69) is 11.4 Å². The number of nitrogens with zero attached hydrogens (tertiary/aromatic N) is 3. The third-order valence-corrected chi connectivity index (χ3v) is 7.39. The van der Waals surface area contributed by atoms with E-state index < -0.39 is 9.84 Å². The monoisotopic (exact) mass is 494 g/mol. The van der Waals surface area contributed by atoms with E-state index in [4.69, 9.17) is 4.74 Å². The van der Waals surface area contributed by atoms with Gasteiger partial charge in [0.2, 0.25) is 5.91 Å². The van der Waals surface area contributed by atoms with E-state index in [0.717, 1.165) is 22.5 Å². The number of nitrogens with one attached hydrogen (secondary N) is 1. The average molecular weight is 495 g/mol. The Hall–Kier alpha value is -3.61. The van der Waals surface area contributed by atoms with Crippen LogP contribution in [0.15, 0.2) is 53.4 Å². The second kappa shape index (κ2) is 10.3. The molecule has 0 saturated heterocycles. The number of likely N-dealkylation sites (N-methyl/N-ethyl adjacent to an activating group) is 1. The van der Waals surface area contributed by atoms with Crippen molar-refractivity contribution in [3.05, 3.63) is 70.9 Å². The Morgan fingerprint density at radius 3 is 2.26 bits per heavy atom. The first-order valence-electron chi connectivity index (χ1n) is 11.0. The van der Waals surface area contributed by atoms with Crippen molar-refractivity contribution in [3.63, 3.8) is 0 Å². The van der Waals surface area contributed by atoms with Gasteiger partial charge in [-0.05, 0) is 75.3 Å². The molecule has 184 valence electrons. The molecule has 2 aromatic carbocycles. The minimum Gasteiger partial charge on any atom is -0.497 e. The fourth-order valence-electron chi connectivity index (χ4n) is 3.90. The van der Waals surface area contributed by atoms with Crippen LogP contribution in [0, 0.1) is 25.2 Å². The van der Waals surface area contributed by atoms with E-state index in [1.54, 1.807) is 31.4 Å². The molecule has 0 aliphatic rings. The maximum absolute atomic E-state index is 13.0. The number of benzene rings is 2. The van der Waals surface area contributed by atoms with Crippen molar-refractivity contribution in [2.45, 2.75) is 31.7 Å². The molecule has 1 N–H and O–H groups in total. The van der Waals surface area contributed by atoms with Gasteiger partial charge in [-0.25, -0.2) is 8.42 Å². The summed E-state index contributed by atoms with van der Waals surface area (Å²) in [6, 6.07) is 16.1. The predicted molar refractivity (Wildman–Crippen MR) is 136 cm³/mol. The predicted octanol–water partition coefficient (Wildman–Crippen LogP) is 4.01. The lowest BCUT2D eigenvalue weighted by molar-refractivity contribution is -0.117. The van der Waals surface area contributed by atoms with Crippen molar-refractivity contribution in [1.82, 2.24) is 9.47 Å². The highest BCUT2D eigenvalue weighted by atomic mass is 32.2. The Labute approximate surface area is 206 Å². The summed E-state index contributed by atoms with van der Waals surface area (Å²) in [5.41, 5.74) is 3.76. The number of sulfone groups is 1. The molecule has 35 heavy (non-hydrogen) atoms. The molecule has 1 amide bonds. The number of carbonyl (C=O) groups is 1. The third kappa shape index (κ3) is 5.56. The molecule has 3 rings (SSSR count). The van der Waals surface area contributed by atoms with Gasteiger partial charge in [0.1, 0.15) is 17.6 Å². The normalized spacial score (nSPS) is 12.3. The Balaban J connectivity index is 1.83. The fraction of sp³-hybridized carbons (Fsp3) is 0.308. The van der Waals surface area contributed by atoms with Crippen molar-refractivity contribution < 1.29 is 17.9 Å². The first-order chi connectivity index (χ1) is 16.5. The molecule has 0 aliphatic heterocycles. The summed E-state index contributed by atoms with van der Waals surface area (Å²) < 4.78 is 30.5. The molecule has 0 saturated carbocycles. The minimum atomic E-state index is -3.27. The Bertz CT molecular complexity index is 1370. The number of anilines is 1. The number of hydrogen-bond donors (Lipinski definition) is 1. The molecule has 0 radical (unpaired) electrons. The van der Waals surface area contributed by atoms with Gasteiger partial charge in [-0.3, -0.25) is 14.3 Å². The molecule has 1 atom stereocenters. The van der Waals surface area contributed by atoms with E-state index in [9.17, 15) is 18.5 Å². The Morgan fingerprint density at radius 2 is 1.74 bits per heavy atom. The van der Waals surface area contributed by atoms with Crippen molar-refractivity contribution >= 4 is 21.6 Å². The van der Waals surface area contributed by atoms with E-state index >= 15 is 0 Å². The number of hydrogen-bond acceptors (Lipinski definition) is 6. The van der Waals surface area contributed by atoms with Crippen LogP contribution < -0.4 is 10.1 Å². The van der Waals surface area contributed by atoms with Crippen molar-refractivity contribution in [1.29, 1.82) is 5.26 Å². The smallest absolute Gasteiger partial charge is 0.239 e. The molecule has 0 fully saturated rings. The molecule has 1 heterocycles. The van der Waals surface area contributed by atoms with Gasteiger partial charge in [0, 0.05) is 23.7 Å². The highest BCUT2D eigenvalue weighted by Gasteiger charge is 2.22. The minimum absolute atomic E-state index is 0.0751. The van der Waals surface area contributed by atoms with Crippen LogP contribution in [0.4, 0.5) is 5.82 Å². The zero-order valence-electron chi connectivity index (χ0n) is 20.8. The molecular weight excluding hydrogens is 464 g/mol. The quantitative estimate of drug-likeness (QED) is 0.507. The molecule has 0 bridgehead atoms. The summed E-state index contributed by atoms with van der Waals surface area (Å²) in [5, 5.41) is 12.7. The Morgan fingerprint density at radius 1 is 1.14 bits per heavy atom. The van der Waals surface area contributed by atoms with Crippen LogP contribution in [0.2, 0.25) is 0 Å². The zero-order valence-corrected chi connectivity index (χ0v) is 21.6. The summed E-state index contributed by atoms with van der Waals surface area (Å²) in [5.74, 6) is 0.869. The lowest BCUT2D eigenvalue weighted by Gasteiger charge is -2.25. The maximum Gasteiger partial charge on any atom is 0.239 e. The van der Waals surface area contributed by atoms with Gasteiger partial charge in [-0.2, -0.15) is 5.26 Å². The third-order valence-electron chi connectivity index (χ3n) is 6.26. The number of amides is 1. The SMILES string of the molecule is COc1ccc(-n2c(C)c(C)c(C#N)c2NC(=O)CN(C)[C@@H](C)c2ccc(S(C)(=O)=O)cc2)cc1. The van der Waals surface area contributed by atoms with E-state index in [1.165, 1.54) is 6.26 Å². The lowest BCUT2D eigenvalue weighted by atomic mass is 10.1. The standard InChI is InChI=1S/C26H30N4O4S/c1-17-18(2)30(21-9-11-22(34-5)12-10-21)26(24(17)15-27)28-25(31)16-29(4)19(3)20-7-13-23(14-8-20)35(6,32)33/h7-14,19H,16H2,1-6H3,(H,28,31)/t19-/m0/s1. The van der Waals surface area contributed by atoms with Crippen LogP contribution in [0.25, 0.3) is 5.69 Å². The fourth-order valence-corrected chi connectivity index (χ4v) is 4.53. The number of rotatable bonds is 8. The summed E-state index contributed by atoms with van der Waals surface area (Å²) in [7, 11) is 0.141. The number of aromatic nitrogens is 1. The van der Waals surface area contributed by atoms with Gasteiger partial charge in [0.25, 0.3) is 0 Å². The van der Waals surface area contributed by atoms with Gasteiger partial charge in [-0.15, -0.1) is 0 Å².